The molecule has 0 aromatic heterocycles. The lowest BCUT2D eigenvalue weighted by molar-refractivity contribution is -0.156. The first-order valence-electron chi connectivity index (χ1n) is 6.10. The van der Waals surface area contributed by atoms with Crippen molar-refractivity contribution in [2.75, 3.05) is 32.8 Å². The lowest BCUT2D eigenvalue weighted by atomic mass is 10.3. The van der Waals surface area contributed by atoms with Gasteiger partial charge in [-0.3, -0.25) is 4.90 Å². The Hall–Kier alpha value is -1.66. The van der Waals surface area contributed by atoms with E-state index >= 15 is 0 Å². The van der Waals surface area contributed by atoms with Crippen molar-refractivity contribution in [1.82, 2.24) is 4.90 Å². The highest BCUT2D eigenvalue weighted by molar-refractivity contribution is 5.72. The molecule has 1 atom stereocenters. The van der Waals surface area contributed by atoms with Gasteiger partial charge in [-0.2, -0.15) is 0 Å². The van der Waals surface area contributed by atoms with Crippen molar-refractivity contribution in [3.05, 3.63) is 30.1 Å². The largest absolute Gasteiger partial charge is 0.492 e. The van der Waals surface area contributed by atoms with E-state index in [1.807, 2.05) is 4.90 Å². The minimum absolute atomic E-state index is 0.301. The number of morpholine rings is 1. The molecule has 1 saturated heterocycles. The van der Waals surface area contributed by atoms with E-state index in [0.717, 1.165) is 0 Å². The van der Waals surface area contributed by atoms with Gasteiger partial charge in [-0.05, 0) is 24.3 Å². The predicted molar refractivity (Wildman–Crippen MR) is 65.7 cm³/mol. The highest BCUT2D eigenvalue weighted by Crippen LogP contribution is 2.11. The highest BCUT2D eigenvalue weighted by atomic mass is 19.1. The molecule has 1 aromatic rings. The minimum Gasteiger partial charge on any atom is -0.492 e. The number of aliphatic carboxylic acids is 1. The zero-order chi connectivity index (χ0) is 13.7. The van der Waals surface area contributed by atoms with Crippen molar-refractivity contribution in [2.45, 2.75) is 6.10 Å². The van der Waals surface area contributed by atoms with E-state index in [9.17, 15) is 9.18 Å². The number of halogens is 1. The van der Waals surface area contributed by atoms with Crippen LogP contribution in [0, 0.1) is 5.82 Å². The first-order valence-corrected chi connectivity index (χ1v) is 6.10. The fourth-order valence-electron chi connectivity index (χ4n) is 1.88. The van der Waals surface area contributed by atoms with Gasteiger partial charge >= 0.3 is 5.97 Å². The van der Waals surface area contributed by atoms with Crippen LogP contribution in [0.1, 0.15) is 0 Å². The summed E-state index contributed by atoms with van der Waals surface area (Å²) in [5, 5.41) is 8.87. The SMILES string of the molecule is O=C(O)C1CN(CCOc2ccc(F)cc2)CCO1. The van der Waals surface area contributed by atoms with Crippen LogP contribution in [0.5, 0.6) is 5.75 Å². The molecule has 1 aromatic carbocycles. The Labute approximate surface area is 110 Å². The Morgan fingerprint density at radius 3 is 2.89 bits per heavy atom. The van der Waals surface area contributed by atoms with Gasteiger partial charge < -0.3 is 14.6 Å². The van der Waals surface area contributed by atoms with Crippen LogP contribution in [0.25, 0.3) is 0 Å². The standard InChI is InChI=1S/C13H16FNO4/c14-10-1-3-11(4-2-10)18-7-5-15-6-8-19-12(9-15)13(16)17/h1-4,12H,5-9H2,(H,16,17). The highest BCUT2D eigenvalue weighted by Gasteiger charge is 2.25. The van der Waals surface area contributed by atoms with Crippen molar-refractivity contribution < 1.29 is 23.8 Å². The minimum atomic E-state index is -0.941. The summed E-state index contributed by atoms with van der Waals surface area (Å²) in [6, 6.07) is 5.80. The first-order chi connectivity index (χ1) is 9.15. The van der Waals surface area contributed by atoms with Gasteiger partial charge in [0.1, 0.15) is 18.2 Å². The maximum Gasteiger partial charge on any atom is 0.334 e. The third-order valence-electron chi connectivity index (χ3n) is 2.92. The molecule has 5 nitrogen and oxygen atoms in total. The zero-order valence-corrected chi connectivity index (χ0v) is 10.4. The lowest BCUT2D eigenvalue weighted by Gasteiger charge is -2.30. The van der Waals surface area contributed by atoms with Crippen LogP contribution in [-0.4, -0.2) is 54.9 Å². The predicted octanol–water partition coefficient (Wildman–Crippen LogP) is 0.990. The molecule has 1 heterocycles. The van der Waals surface area contributed by atoms with Crippen molar-refractivity contribution in [1.29, 1.82) is 0 Å². The molecule has 104 valence electrons. The number of ether oxygens (including phenoxy) is 2. The van der Waals surface area contributed by atoms with Gasteiger partial charge in [0, 0.05) is 19.6 Å². The average Bonchev–Trinajstić information content (AvgIpc) is 2.41. The Morgan fingerprint density at radius 1 is 1.47 bits per heavy atom. The molecule has 1 unspecified atom stereocenters. The second-order valence-electron chi connectivity index (χ2n) is 4.30. The quantitative estimate of drug-likeness (QED) is 0.864. The van der Waals surface area contributed by atoms with E-state index in [4.69, 9.17) is 14.6 Å². The van der Waals surface area contributed by atoms with E-state index < -0.39 is 12.1 Å². The normalized spacial score (nSPS) is 20.2. The van der Waals surface area contributed by atoms with Crippen molar-refractivity contribution >= 4 is 5.97 Å². The maximum absolute atomic E-state index is 12.7. The van der Waals surface area contributed by atoms with E-state index in [2.05, 4.69) is 0 Å². The molecule has 0 spiro atoms. The van der Waals surface area contributed by atoms with Crippen LogP contribution in [0.15, 0.2) is 24.3 Å². The number of carbonyl (C=O) groups is 1. The van der Waals surface area contributed by atoms with Gasteiger partial charge in [-0.1, -0.05) is 0 Å². The average molecular weight is 269 g/mol. The molecule has 19 heavy (non-hydrogen) atoms. The molecule has 0 amide bonds. The molecule has 6 heteroatoms. The Morgan fingerprint density at radius 2 is 2.21 bits per heavy atom. The second-order valence-corrected chi connectivity index (χ2v) is 4.30. The van der Waals surface area contributed by atoms with Gasteiger partial charge in [0.05, 0.1) is 6.61 Å². The Balaban J connectivity index is 1.73. The van der Waals surface area contributed by atoms with Crippen LogP contribution < -0.4 is 4.74 Å². The summed E-state index contributed by atoms with van der Waals surface area (Å²) >= 11 is 0. The first kappa shape index (κ1) is 13.8. The molecule has 1 aliphatic rings. The van der Waals surface area contributed by atoms with Crippen LogP contribution >= 0.6 is 0 Å². The number of benzene rings is 1. The lowest BCUT2D eigenvalue weighted by Crippen LogP contribution is -2.47. The third-order valence-corrected chi connectivity index (χ3v) is 2.92. The number of hydrogen-bond acceptors (Lipinski definition) is 4. The fraction of sp³-hybridized carbons (Fsp3) is 0.462. The molecule has 1 aliphatic heterocycles. The van der Waals surface area contributed by atoms with Crippen LogP contribution in [-0.2, 0) is 9.53 Å². The third kappa shape index (κ3) is 4.18. The van der Waals surface area contributed by atoms with Crippen LogP contribution in [0.3, 0.4) is 0 Å². The van der Waals surface area contributed by atoms with Gasteiger partial charge in [-0.15, -0.1) is 0 Å². The Bertz CT molecular complexity index is 423. The molecule has 1 fully saturated rings. The molecular weight excluding hydrogens is 253 g/mol. The second kappa shape index (κ2) is 6.49. The van der Waals surface area contributed by atoms with Gasteiger partial charge in [0.2, 0.25) is 0 Å². The Kier molecular flexibility index (Phi) is 4.70. The monoisotopic (exact) mass is 269 g/mol. The van der Waals surface area contributed by atoms with Crippen LogP contribution in [0.4, 0.5) is 4.39 Å². The maximum atomic E-state index is 12.7. The molecule has 0 radical (unpaired) electrons. The smallest absolute Gasteiger partial charge is 0.334 e. The zero-order valence-electron chi connectivity index (χ0n) is 10.4. The van der Waals surface area contributed by atoms with Crippen LogP contribution in [0.2, 0.25) is 0 Å². The van der Waals surface area contributed by atoms with Crippen molar-refractivity contribution in [2.24, 2.45) is 0 Å². The summed E-state index contributed by atoms with van der Waals surface area (Å²) in [5.74, 6) is -0.640. The summed E-state index contributed by atoms with van der Waals surface area (Å²) < 4.78 is 23.3. The summed E-state index contributed by atoms with van der Waals surface area (Å²) in [6.45, 7) is 2.51. The van der Waals surface area contributed by atoms with Gasteiger partial charge in [0.25, 0.3) is 0 Å². The van der Waals surface area contributed by atoms with Gasteiger partial charge in [-0.25, -0.2) is 9.18 Å². The van der Waals surface area contributed by atoms with E-state index in [1.54, 1.807) is 12.1 Å². The summed E-state index contributed by atoms with van der Waals surface area (Å²) in [4.78, 5) is 12.8. The fourth-order valence-corrected chi connectivity index (χ4v) is 1.88. The van der Waals surface area contributed by atoms with Gasteiger partial charge in [0.15, 0.2) is 6.10 Å². The molecule has 2 rings (SSSR count). The number of carboxylic acids is 1. The van der Waals surface area contributed by atoms with E-state index in [-0.39, 0.29) is 5.82 Å². The molecule has 1 N–H and O–H groups in total. The number of nitrogens with zero attached hydrogens (tertiary/aromatic N) is 1. The summed E-state index contributed by atoms with van der Waals surface area (Å²) in [7, 11) is 0. The number of rotatable bonds is 5. The van der Waals surface area contributed by atoms with E-state index in [1.165, 1.54) is 12.1 Å². The van der Waals surface area contributed by atoms with E-state index in [0.29, 0.717) is 38.6 Å². The summed E-state index contributed by atoms with van der Waals surface area (Å²) in [5.41, 5.74) is 0. The van der Waals surface area contributed by atoms with Crippen molar-refractivity contribution in [3.8, 4) is 5.75 Å². The van der Waals surface area contributed by atoms with Crippen molar-refractivity contribution in [3.63, 3.8) is 0 Å². The number of carboxylic acid groups (broad SMARTS) is 1. The molecular formula is C13H16FNO4. The molecule has 0 bridgehead atoms. The molecule has 0 saturated carbocycles. The topological polar surface area (TPSA) is 59.0 Å². The summed E-state index contributed by atoms with van der Waals surface area (Å²) in [6.07, 6.45) is -0.764. The number of hydrogen-bond donors (Lipinski definition) is 1. The molecule has 0 aliphatic carbocycles.